The maximum absolute atomic E-state index is 12.5. The second kappa shape index (κ2) is 5.54. The molecule has 4 nitrogen and oxygen atoms in total. The van der Waals surface area contributed by atoms with Gasteiger partial charge in [0, 0.05) is 12.6 Å². The van der Waals surface area contributed by atoms with E-state index in [0.29, 0.717) is 19.1 Å². The van der Waals surface area contributed by atoms with Gasteiger partial charge in [-0.1, -0.05) is 30.3 Å². The summed E-state index contributed by atoms with van der Waals surface area (Å²) in [6.45, 7) is 2.32. The summed E-state index contributed by atoms with van der Waals surface area (Å²) < 4.78 is 0. The Labute approximate surface area is 130 Å². The number of aromatic nitrogens is 1. The third kappa shape index (κ3) is 2.40. The van der Waals surface area contributed by atoms with E-state index in [9.17, 15) is 4.79 Å². The number of amides is 1. The molecule has 4 heteroatoms. The number of pyridine rings is 1. The van der Waals surface area contributed by atoms with Crippen LogP contribution in [0.15, 0.2) is 42.5 Å². The maximum Gasteiger partial charge on any atom is 0.256 e. The summed E-state index contributed by atoms with van der Waals surface area (Å²) in [5.74, 6) is 0.0947. The minimum absolute atomic E-state index is 0.0947. The normalized spacial score (nSPS) is 20.5. The monoisotopic (exact) mass is 293 g/mol. The lowest BCUT2D eigenvalue weighted by Crippen LogP contribution is -2.23. The number of benzene rings is 1. The highest BCUT2D eigenvalue weighted by molar-refractivity contribution is 5.97. The number of rotatable bonds is 3. The number of carbonyl (C=O) groups is 1. The van der Waals surface area contributed by atoms with E-state index in [2.05, 4.69) is 17.4 Å². The summed E-state index contributed by atoms with van der Waals surface area (Å²) in [6, 6.07) is 14.4. The molecule has 22 heavy (non-hydrogen) atoms. The van der Waals surface area contributed by atoms with Gasteiger partial charge in [0.15, 0.2) is 0 Å². The largest absolute Gasteiger partial charge is 0.328 e. The number of fused-ring (bicyclic) bond motifs is 1. The van der Waals surface area contributed by atoms with E-state index < -0.39 is 0 Å². The number of nitrogens with zero attached hydrogens (tertiary/aromatic N) is 2. The van der Waals surface area contributed by atoms with Gasteiger partial charge in [0.25, 0.3) is 5.91 Å². The average molecular weight is 293 g/mol. The van der Waals surface area contributed by atoms with Crippen LogP contribution < -0.4 is 5.32 Å². The predicted octanol–water partition coefficient (Wildman–Crippen LogP) is 2.66. The third-order valence-corrected chi connectivity index (χ3v) is 4.49. The van der Waals surface area contributed by atoms with Crippen molar-refractivity contribution in [1.29, 1.82) is 0 Å². The van der Waals surface area contributed by atoms with E-state index in [1.807, 2.05) is 35.2 Å². The fourth-order valence-corrected chi connectivity index (χ4v) is 3.32. The van der Waals surface area contributed by atoms with Crippen molar-refractivity contribution in [3.8, 4) is 0 Å². The van der Waals surface area contributed by atoms with E-state index in [0.717, 1.165) is 35.5 Å². The number of hydrogen-bond acceptors (Lipinski definition) is 3. The van der Waals surface area contributed by atoms with Crippen LogP contribution in [0.25, 0.3) is 0 Å². The molecule has 0 bridgehead atoms. The molecule has 0 radical (unpaired) electrons. The molecule has 1 atom stereocenters. The molecule has 1 N–H and O–H groups in total. The number of hydrogen-bond donors (Lipinski definition) is 1. The SMILES string of the molecule is O=C1c2ccc(C3CCCN3)nc2CN1Cc1ccccc1. The van der Waals surface area contributed by atoms with Crippen LogP contribution in [0.5, 0.6) is 0 Å². The topological polar surface area (TPSA) is 45.2 Å². The van der Waals surface area contributed by atoms with Crippen LogP contribution >= 0.6 is 0 Å². The molecule has 1 amide bonds. The molecule has 2 aromatic rings. The molecule has 1 aromatic heterocycles. The van der Waals surface area contributed by atoms with Crippen LogP contribution in [0.1, 0.15) is 46.2 Å². The lowest BCUT2D eigenvalue weighted by molar-refractivity contribution is 0.0766. The summed E-state index contributed by atoms with van der Waals surface area (Å²) in [4.78, 5) is 19.1. The minimum atomic E-state index is 0.0947. The second-order valence-electron chi connectivity index (χ2n) is 6.03. The van der Waals surface area contributed by atoms with Gasteiger partial charge in [0.2, 0.25) is 0 Å². The fraction of sp³-hybridized carbons (Fsp3) is 0.333. The van der Waals surface area contributed by atoms with Gasteiger partial charge >= 0.3 is 0 Å². The minimum Gasteiger partial charge on any atom is -0.328 e. The van der Waals surface area contributed by atoms with Gasteiger partial charge in [-0.3, -0.25) is 9.78 Å². The van der Waals surface area contributed by atoms with Crippen LogP contribution in [-0.4, -0.2) is 22.3 Å². The first-order valence-corrected chi connectivity index (χ1v) is 7.88. The molecule has 1 fully saturated rings. The molecule has 2 aliphatic heterocycles. The molecule has 112 valence electrons. The average Bonchev–Trinajstić information content (AvgIpc) is 3.18. The molecule has 4 rings (SSSR count). The smallest absolute Gasteiger partial charge is 0.256 e. The predicted molar refractivity (Wildman–Crippen MR) is 84.2 cm³/mol. The van der Waals surface area contributed by atoms with Crippen LogP contribution in [-0.2, 0) is 13.1 Å². The molecule has 0 spiro atoms. The Balaban J connectivity index is 1.55. The zero-order chi connectivity index (χ0) is 14.9. The Morgan fingerprint density at radius 1 is 1.18 bits per heavy atom. The van der Waals surface area contributed by atoms with Crippen molar-refractivity contribution in [1.82, 2.24) is 15.2 Å². The lowest BCUT2D eigenvalue weighted by Gasteiger charge is -2.15. The second-order valence-corrected chi connectivity index (χ2v) is 6.03. The Kier molecular flexibility index (Phi) is 3.39. The van der Waals surface area contributed by atoms with E-state index in [1.54, 1.807) is 0 Å². The Bertz CT molecular complexity index is 693. The fourth-order valence-electron chi connectivity index (χ4n) is 3.32. The van der Waals surface area contributed by atoms with Crippen molar-refractivity contribution < 1.29 is 4.79 Å². The van der Waals surface area contributed by atoms with Gasteiger partial charge in [0.05, 0.1) is 23.5 Å². The molecule has 3 heterocycles. The summed E-state index contributed by atoms with van der Waals surface area (Å²) in [6.07, 6.45) is 2.33. The van der Waals surface area contributed by atoms with Crippen LogP contribution in [0.4, 0.5) is 0 Å². The maximum atomic E-state index is 12.5. The summed E-state index contributed by atoms with van der Waals surface area (Å²) >= 11 is 0. The molecule has 1 unspecified atom stereocenters. The van der Waals surface area contributed by atoms with Crippen molar-refractivity contribution in [2.24, 2.45) is 0 Å². The van der Waals surface area contributed by atoms with E-state index in [4.69, 9.17) is 4.98 Å². The Morgan fingerprint density at radius 2 is 2.05 bits per heavy atom. The van der Waals surface area contributed by atoms with Gasteiger partial charge in [-0.15, -0.1) is 0 Å². The van der Waals surface area contributed by atoms with Crippen molar-refractivity contribution in [2.75, 3.05) is 6.54 Å². The highest BCUT2D eigenvalue weighted by Crippen LogP contribution is 2.27. The third-order valence-electron chi connectivity index (χ3n) is 4.49. The van der Waals surface area contributed by atoms with Crippen LogP contribution in [0.3, 0.4) is 0 Å². The molecule has 2 aliphatic rings. The molecule has 1 saturated heterocycles. The van der Waals surface area contributed by atoms with Gasteiger partial charge in [-0.25, -0.2) is 0 Å². The molecular weight excluding hydrogens is 274 g/mol. The van der Waals surface area contributed by atoms with Gasteiger partial charge in [-0.2, -0.15) is 0 Å². The van der Waals surface area contributed by atoms with E-state index in [1.165, 1.54) is 6.42 Å². The van der Waals surface area contributed by atoms with Crippen LogP contribution in [0.2, 0.25) is 0 Å². The van der Waals surface area contributed by atoms with Crippen molar-refractivity contribution in [3.05, 3.63) is 65.0 Å². The highest BCUT2D eigenvalue weighted by atomic mass is 16.2. The van der Waals surface area contributed by atoms with Crippen molar-refractivity contribution >= 4 is 5.91 Å². The summed E-state index contributed by atoms with van der Waals surface area (Å²) in [7, 11) is 0. The van der Waals surface area contributed by atoms with Gasteiger partial charge < -0.3 is 10.2 Å². The van der Waals surface area contributed by atoms with Gasteiger partial charge in [-0.05, 0) is 37.1 Å². The Morgan fingerprint density at radius 3 is 2.82 bits per heavy atom. The highest BCUT2D eigenvalue weighted by Gasteiger charge is 2.29. The summed E-state index contributed by atoms with van der Waals surface area (Å²) in [5, 5.41) is 3.47. The lowest BCUT2D eigenvalue weighted by atomic mass is 10.1. The van der Waals surface area contributed by atoms with Crippen molar-refractivity contribution in [2.45, 2.75) is 32.0 Å². The van der Waals surface area contributed by atoms with Gasteiger partial charge in [0.1, 0.15) is 0 Å². The molecule has 0 saturated carbocycles. The van der Waals surface area contributed by atoms with E-state index >= 15 is 0 Å². The first-order chi connectivity index (χ1) is 10.8. The Hall–Kier alpha value is -2.20. The zero-order valence-electron chi connectivity index (χ0n) is 12.5. The first-order valence-electron chi connectivity index (χ1n) is 7.88. The van der Waals surface area contributed by atoms with Crippen LogP contribution in [0, 0.1) is 0 Å². The van der Waals surface area contributed by atoms with E-state index in [-0.39, 0.29) is 5.91 Å². The number of nitrogens with one attached hydrogen (secondary N) is 1. The number of carbonyl (C=O) groups excluding carboxylic acids is 1. The quantitative estimate of drug-likeness (QED) is 0.946. The molecular formula is C18H19N3O. The molecule has 0 aliphatic carbocycles. The van der Waals surface area contributed by atoms with Crippen molar-refractivity contribution in [3.63, 3.8) is 0 Å². The zero-order valence-corrected chi connectivity index (χ0v) is 12.5. The molecule has 1 aromatic carbocycles. The summed E-state index contributed by atoms with van der Waals surface area (Å²) in [5.41, 5.74) is 3.91. The first kappa shape index (κ1) is 13.5. The standard InChI is InChI=1S/C18H19N3O/c22-18-14-8-9-16(15-7-4-10-19-15)20-17(14)12-21(18)11-13-5-2-1-3-6-13/h1-3,5-6,8-9,15,19H,4,7,10-12H2.